The van der Waals surface area contributed by atoms with Crippen molar-refractivity contribution in [2.24, 2.45) is 5.92 Å². The number of carbonyl (C=O) groups is 2. The van der Waals surface area contributed by atoms with E-state index in [9.17, 15) is 9.59 Å². The van der Waals surface area contributed by atoms with Gasteiger partial charge in [-0.25, -0.2) is 0 Å². The highest BCUT2D eigenvalue weighted by Gasteiger charge is 2.38. The molecule has 6 heteroatoms. The van der Waals surface area contributed by atoms with Crippen molar-refractivity contribution in [1.29, 1.82) is 0 Å². The van der Waals surface area contributed by atoms with Gasteiger partial charge in [0.2, 0.25) is 11.8 Å². The lowest BCUT2D eigenvalue weighted by molar-refractivity contribution is -0.141. The highest BCUT2D eigenvalue weighted by molar-refractivity contribution is 7.99. The Bertz CT molecular complexity index is 704. The van der Waals surface area contributed by atoms with Crippen molar-refractivity contribution in [3.8, 4) is 0 Å². The molecule has 2 aliphatic heterocycles. The Labute approximate surface area is 165 Å². The molecule has 5 nitrogen and oxygen atoms in total. The van der Waals surface area contributed by atoms with Gasteiger partial charge in [0.15, 0.2) is 0 Å². The van der Waals surface area contributed by atoms with Gasteiger partial charge < -0.3 is 15.1 Å². The highest BCUT2D eigenvalue weighted by Crippen LogP contribution is 2.32. The number of amides is 2. The molecule has 0 radical (unpaired) electrons. The first-order valence-corrected chi connectivity index (χ1v) is 11.3. The van der Waals surface area contributed by atoms with Gasteiger partial charge in [-0.05, 0) is 37.8 Å². The normalized spacial score (nSPS) is 25.1. The Kier molecular flexibility index (Phi) is 5.62. The van der Waals surface area contributed by atoms with Gasteiger partial charge in [0.05, 0.1) is 5.88 Å². The molecule has 1 N–H and O–H groups in total. The molecule has 0 spiro atoms. The fraction of sp³-hybridized carbons (Fsp3) is 0.619. The van der Waals surface area contributed by atoms with Crippen LogP contribution in [0.1, 0.15) is 38.2 Å². The summed E-state index contributed by atoms with van der Waals surface area (Å²) < 4.78 is 0. The van der Waals surface area contributed by atoms with Gasteiger partial charge in [-0.1, -0.05) is 31.0 Å². The molecule has 146 valence electrons. The van der Waals surface area contributed by atoms with Gasteiger partial charge in [0, 0.05) is 36.5 Å². The number of fused-ring (bicyclic) bond motifs is 1. The van der Waals surface area contributed by atoms with Crippen molar-refractivity contribution < 1.29 is 9.59 Å². The Morgan fingerprint density at radius 3 is 2.81 bits per heavy atom. The van der Waals surface area contributed by atoms with Gasteiger partial charge >= 0.3 is 0 Å². The molecule has 0 bridgehead atoms. The third-order valence-corrected chi connectivity index (χ3v) is 7.19. The van der Waals surface area contributed by atoms with Gasteiger partial charge in [-0.2, -0.15) is 0 Å². The number of nitrogens with zero attached hydrogens (tertiary/aromatic N) is 2. The third-order valence-electron chi connectivity index (χ3n) is 6.17. The van der Waals surface area contributed by atoms with Crippen molar-refractivity contribution in [3.05, 3.63) is 29.8 Å². The van der Waals surface area contributed by atoms with Gasteiger partial charge in [-0.3, -0.25) is 9.59 Å². The summed E-state index contributed by atoms with van der Waals surface area (Å²) in [5.74, 6) is 1.71. The number of carbonyl (C=O) groups excluding carboxylic acids is 2. The average Bonchev–Trinajstić information content (AvgIpc) is 3.41. The van der Waals surface area contributed by atoms with Crippen LogP contribution in [-0.2, 0) is 16.0 Å². The van der Waals surface area contributed by atoms with Gasteiger partial charge in [0.25, 0.3) is 0 Å². The van der Waals surface area contributed by atoms with E-state index in [2.05, 4.69) is 41.4 Å². The summed E-state index contributed by atoms with van der Waals surface area (Å²) >= 11 is 1.69. The molecule has 1 aromatic carbocycles. The van der Waals surface area contributed by atoms with E-state index in [1.807, 2.05) is 4.90 Å². The fourth-order valence-corrected chi connectivity index (χ4v) is 5.84. The zero-order valence-electron chi connectivity index (χ0n) is 16.0. The van der Waals surface area contributed by atoms with Crippen LogP contribution in [-0.4, -0.2) is 53.5 Å². The Morgan fingerprint density at radius 1 is 1.22 bits per heavy atom. The summed E-state index contributed by atoms with van der Waals surface area (Å²) in [4.78, 5) is 29.7. The maximum Gasteiger partial charge on any atom is 0.243 e. The smallest absolute Gasteiger partial charge is 0.243 e. The standard InChI is InChI=1S/C21H29N3O2S/c1-15-12-17-8-4-5-9-18(17)23(15)11-10-22-20(25)19-13-27-14-24(19)21(26)16-6-2-3-7-16/h4-5,8-9,15-16,19H,2-3,6-7,10-14H2,1H3,(H,22,25). The van der Waals surface area contributed by atoms with Crippen LogP contribution in [0.5, 0.6) is 0 Å². The number of para-hydroxylation sites is 1. The van der Waals surface area contributed by atoms with Crippen molar-refractivity contribution >= 4 is 29.3 Å². The summed E-state index contributed by atoms with van der Waals surface area (Å²) in [5, 5.41) is 3.09. The second-order valence-corrected chi connectivity index (χ2v) is 8.97. The van der Waals surface area contributed by atoms with E-state index in [-0.39, 0.29) is 23.8 Å². The second kappa shape index (κ2) is 8.13. The molecular weight excluding hydrogens is 358 g/mol. The molecule has 4 rings (SSSR count). The van der Waals surface area contributed by atoms with Crippen LogP contribution in [0.15, 0.2) is 24.3 Å². The minimum atomic E-state index is -0.300. The maximum atomic E-state index is 12.8. The molecule has 0 aromatic heterocycles. The average molecular weight is 388 g/mol. The Balaban J connectivity index is 1.31. The van der Waals surface area contributed by atoms with E-state index in [1.165, 1.54) is 11.3 Å². The predicted molar refractivity (Wildman–Crippen MR) is 110 cm³/mol. The van der Waals surface area contributed by atoms with E-state index in [0.717, 1.165) is 38.6 Å². The maximum absolute atomic E-state index is 12.8. The summed E-state index contributed by atoms with van der Waals surface area (Å²) in [6.45, 7) is 3.65. The fourth-order valence-electron chi connectivity index (χ4n) is 4.67. The SMILES string of the molecule is CC1Cc2ccccc2N1CCNC(=O)C1CSCN1C(=O)C1CCCC1. The van der Waals surface area contributed by atoms with Crippen molar-refractivity contribution in [3.63, 3.8) is 0 Å². The van der Waals surface area contributed by atoms with Crippen molar-refractivity contribution in [1.82, 2.24) is 10.2 Å². The van der Waals surface area contributed by atoms with Crippen LogP contribution < -0.4 is 10.2 Å². The molecule has 1 aliphatic carbocycles. The molecular formula is C21H29N3O2S. The predicted octanol–water partition coefficient (Wildman–Crippen LogP) is 2.65. The first-order valence-electron chi connectivity index (χ1n) is 10.2. The molecule has 1 aromatic rings. The molecule has 1 saturated carbocycles. The summed E-state index contributed by atoms with van der Waals surface area (Å²) in [6.07, 6.45) is 5.32. The minimum absolute atomic E-state index is 0.00600. The summed E-state index contributed by atoms with van der Waals surface area (Å²) in [6, 6.07) is 8.67. The van der Waals surface area contributed by atoms with Crippen LogP contribution in [0.4, 0.5) is 5.69 Å². The van der Waals surface area contributed by atoms with Crippen LogP contribution >= 0.6 is 11.8 Å². The van der Waals surface area contributed by atoms with E-state index >= 15 is 0 Å². The summed E-state index contributed by atoms with van der Waals surface area (Å²) in [7, 11) is 0. The van der Waals surface area contributed by atoms with Crippen LogP contribution in [0.25, 0.3) is 0 Å². The molecule has 27 heavy (non-hydrogen) atoms. The van der Waals surface area contributed by atoms with E-state index in [1.54, 1.807) is 11.8 Å². The second-order valence-electron chi connectivity index (χ2n) is 7.97. The molecule has 2 fully saturated rings. The zero-order chi connectivity index (χ0) is 18.8. The number of hydrogen-bond donors (Lipinski definition) is 1. The van der Waals surface area contributed by atoms with E-state index in [4.69, 9.17) is 0 Å². The summed E-state index contributed by atoms with van der Waals surface area (Å²) in [5.41, 5.74) is 2.67. The largest absolute Gasteiger partial charge is 0.367 e. The lowest BCUT2D eigenvalue weighted by Crippen LogP contribution is -2.50. The van der Waals surface area contributed by atoms with E-state index < -0.39 is 0 Å². The van der Waals surface area contributed by atoms with Crippen LogP contribution in [0, 0.1) is 5.92 Å². The Hall–Kier alpha value is -1.69. The first kappa shape index (κ1) is 18.7. The Morgan fingerprint density at radius 2 is 2.00 bits per heavy atom. The highest BCUT2D eigenvalue weighted by atomic mass is 32.2. The molecule has 1 saturated heterocycles. The zero-order valence-corrected chi connectivity index (χ0v) is 16.8. The number of benzene rings is 1. The third kappa shape index (κ3) is 3.82. The lowest BCUT2D eigenvalue weighted by Gasteiger charge is -2.27. The number of anilines is 1. The number of thioether (sulfide) groups is 1. The number of hydrogen-bond acceptors (Lipinski definition) is 4. The molecule has 2 heterocycles. The molecule has 3 aliphatic rings. The number of rotatable bonds is 5. The topological polar surface area (TPSA) is 52.7 Å². The van der Waals surface area contributed by atoms with Gasteiger partial charge in [0.1, 0.15) is 6.04 Å². The first-order chi connectivity index (χ1) is 13.1. The monoisotopic (exact) mass is 387 g/mol. The molecule has 2 amide bonds. The van der Waals surface area contributed by atoms with Gasteiger partial charge in [-0.15, -0.1) is 11.8 Å². The van der Waals surface area contributed by atoms with Crippen molar-refractivity contribution in [2.45, 2.75) is 51.1 Å². The molecule has 2 unspecified atom stereocenters. The van der Waals surface area contributed by atoms with E-state index in [0.29, 0.717) is 24.2 Å². The number of nitrogens with one attached hydrogen (secondary N) is 1. The van der Waals surface area contributed by atoms with Crippen LogP contribution in [0.2, 0.25) is 0 Å². The van der Waals surface area contributed by atoms with Crippen LogP contribution in [0.3, 0.4) is 0 Å². The van der Waals surface area contributed by atoms with Crippen molar-refractivity contribution in [2.75, 3.05) is 29.6 Å². The minimum Gasteiger partial charge on any atom is -0.367 e. The molecule has 2 atom stereocenters. The lowest BCUT2D eigenvalue weighted by atomic mass is 10.1. The quantitative estimate of drug-likeness (QED) is 0.844.